The molecule has 0 fully saturated rings. The summed E-state index contributed by atoms with van der Waals surface area (Å²) in [6.45, 7) is 0.991. The minimum Gasteiger partial charge on any atom is -0.497 e. The molecule has 1 heterocycles. The lowest BCUT2D eigenvalue weighted by atomic mass is 9.87. The first kappa shape index (κ1) is 16.2. The van der Waals surface area contributed by atoms with E-state index in [0.717, 1.165) is 23.2 Å². The van der Waals surface area contributed by atoms with Crippen LogP contribution in [0.2, 0.25) is 0 Å². The molecule has 3 aromatic rings. The number of hydrogen-bond donors (Lipinski definition) is 0. The van der Waals surface area contributed by atoms with Gasteiger partial charge in [-0.05, 0) is 59.5 Å². The van der Waals surface area contributed by atoms with Crippen molar-refractivity contribution in [1.82, 2.24) is 0 Å². The highest BCUT2D eigenvalue weighted by atomic mass is 79.9. The van der Waals surface area contributed by atoms with Gasteiger partial charge in [-0.15, -0.1) is 0 Å². The quantitative estimate of drug-likeness (QED) is 0.573. The molecule has 1 aliphatic rings. The molecule has 0 amide bonds. The van der Waals surface area contributed by atoms with Crippen molar-refractivity contribution in [3.05, 3.63) is 94.0 Å². The summed E-state index contributed by atoms with van der Waals surface area (Å²) in [4.78, 5) is 2.50. The molecule has 0 spiro atoms. The van der Waals surface area contributed by atoms with Crippen LogP contribution in [0.3, 0.4) is 0 Å². The average Bonchev–Trinajstić information content (AvgIpc) is 2.68. The Kier molecular flexibility index (Phi) is 4.50. The van der Waals surface area contributed by atoms with E-state index in [-0.39, 0.29) is 6.04 Å². The van der Waals surface area contributed by atoms with Gasteiger partial charge >= 0.3 is 0 Å². The van der Waals surface area contributed by atoms with Crippen molar-refractivity contribution in [3.8, 4) is 5.75 Å². The molecule has 1 aliphatic heterocycles. The molecule has 1 unspecified atom stereocenters. The van der Waals surface area contributed by atoms with Crippen molar-refractivity contribution in [3.63, 3.8) is 0 Å². The first-order valence-electron chi connectivity index (χ1n) is 8.50. The molecule has 0 saturated heterocycles. The normalized spacial score (nSPS) is 16.4. The van der Waals surface area contributed by atoms with Gasteiger partial charge in [0, 0.05) is 16.7 Å². The topological polar surface area (TPSA) is 12.5 Å². The summed E-state index contributed by atoms with van der Waals surface area (Å²) < 4.78 is 6.53. The minimum absolute atomic E-state index is 0.213. The van der Waals surface area contributed by atoms with Gasteiger partial charge in [0.05, 0.1) is 13.2 Å². The van der Waals surface area contributed by atoms with E-state index in [2.05, 4.69) is 93.6 Å². The number of halogens is 1. The summed E-state index contributed by atoms with van der Waals surface area (Å²) in [5.74, 6) is 0.932. The Morgan fingerprint density at radius 3 is 2.44 bits per heavy atom. The van der Waals surface area contributed by atoms with Crippen molar-refractivity contribution in [2.45, 2.75) is 12.5 Å². The summed E-state index contributed by atoms with van der Waals surface area (Å²) in [5, 5.41) is 0. The van der Waals surface area contributed by atoms with E-state index in [0.29, 0.717) is 0 Å². The summed E-state index contributed by atoms with van der Waals surface area (Å²) in [6, 6.07) is 26.0. The molecule has 0 N–H and O–H groups in total. The fourth-order valence-electron chi connectivity index (χ4n) is 3.63. The molecule has 1 atom stereocenters. The largest absolute Gasteiger partial charge is 0.497 e. The van der Waals surface area contributed by atoms with Crippen LogP contribution < -0.4 is 9.64 Å². The third-order valence-electron chi connectivity index (χ3n) is 4.85. The van der Waals surface area contributed by atoms with Crippen LogP contribution in [0, 0.1) is 0 Å². The third kappa shape index (κ3) is 3.16. The molecule has 2 nitrogen and oxygen atoms in total. The molecule has 0 aromatic heterocycles. The molecule has 25 heavy (non-hydrogen) atoms. The molecule has 0 radical (unpaired) electrons. The average molecular weight is 394 g/mol. The van der Waals surface area contributed by atoms with Crippen LogP contribution in [-0.4, -0.2) is 13.7 Å². The number of anilines is 1. The Morgan fingerprint density at radius 1 is 0.960 bits per heavy atom. The van der Waals surface area contributed by atoms with Gasteiger partial charge in [0.25, 0.3) is 0 Å². The molecule has 126 valence electrons. The predicted octanol–water partition coefficient (Wildman–Crippen LogP) is 5.61. The maximum Gasteiger partial charge on any atom is 0.119 e. The van der Waals surface area contributed by atoms with Gasteiger partial charge in [0.1, 0.15) is 5.75 Å². The molecular weight excluding hydrogens is 374 g/mol. The predicted molar refractivity (Wildman–Crippen MR) is 106 cm³/mol. The molecular formula is C22H20BrNO. The minimum atomic E-state index is 0.213. The van der Waals surface area contributed by atoms with Crippen LogP contribution in [-0.2, 0) is 6.42 Å². The van der Waals surface area contributed by atoms with Gasteiger partial charge in [0.2, 0.25) is 0 Å². The maximum absolute atomic E-state index is 5.43. The highest BCUT2D eigenvalue weighted by molar-refractivity contribution is 9.10. The summed E-state index contributed by atoms with van der Waals surface area (Å²) in [7, 11) is 1.73. The van der Waals surface area contributed by atoms with E-state index in [1.54, 1.807) is 7.11 Å². The molecule has 0 saturated carbocycles. The number of para-hydroxylation sites is 1. The van der Waals surface area contributed by atoms with Gasteiger partial charge in [-0.2, -0.15) is 0 Å². The molecule has 0 aliphatic carbocycles. The van der Waals surface area contributed by atoms with E-state index < -0.39 is 0 Å². The Labute approximate surface area is 157 Å². The Hall–Kier alpha value is -2.26. The second-order valence-corrected chi connectivity index (χ2v) is 7.21. The summed E-state index contributed by atoms with van der Waals surface area (Å²) in [5.41, 5.74) is 5.30. The first-order valence-corrected chi connectivity index (χ1v) is 9.29. The van der Waals surface area contributed by atoms with Crippen LogP contribution in [0.1, 0.15) is 22.7 Å². The van der Waals surface area contributed by atoms with Crippen molar-refractivity contribution >= 4 is 21.6 Å². The summed E-state index contributed by atoms with van der Waals surface area (Å²) in [6.07, 6.45) is 1.02. The van der Waals surface area contributed by atoms with Gasteiger partial charge in [-0.1, -0.05) is 52.3 Å². The lowest BCUT2D eigenvalue weighted by Gasteiger charge is -2.39. The fraction of sp³-hybridized carbons (Fsp3) is 0.182. The monoisotopic (exact) mass is 393 g/mol. The van der Waals surface area contributed by atoms with Gasteiger partial charge in [-0.3, -0.25) is 0 Å². The lowest BCUT2D eigenvalue weighted by molar-refractivity contribution is 0.413. The first-order chi connectivity index (χ1) is 12.3. The van der Waals surface area contributed by atoms with E-state index in [1.165, 1.54) is 22.4 Å². The van der Waals surface area contributed by atoms with Crippen LogP contribution in [0.5, 0.6) is 5.75 Å². The number of hydrogen-bond acceptors (Lipinski definition) is 2. The smallest absolute Gasteiger partial charge is 0.119 e. The third-order valence-corrected chi connectivity index (χ3v) is 5.38. The second kappa shape index (κ2) is 6.93. The number of methoxy groups -OCH3 is 1. The molecule has 0 bridgehead atoms. The zero-order valence-electron chi connectivity index (χ0n) is 14.2. The van der Waals surface area contributed by atoms with Gasteiger partial charge in [-0.25, -0.2) is 0 Å². The number of benzene rings is 3. The maximum atomic E-state index is 5.43. The zero-order valence-corrected chi connectivity index (χ0v) is 15.7. The summed E-state index contributed by atoms with van der Waals surface area (Å²) >= 11 is 3.55. The van der Waals surface area contributed by atoms with Gasteiger partial charge in [0.15, 0.2) is 0 Å². The standard InChI is InChI=1S/C22H20BrNO/c1-25-20-11-12-21-17(15-20)13-14-24(19-5-3-2-4-6-19)22(21)16-7-9-18(23)10-8-16/h2-12,15,22H,13-14H2,1H3. The second-order valence-electron chi connectivity index (χ2n) is 6.30. The molecule has 3 aromatic carbocycles. The van der Waals surface area contributed by atoms with E-state index in [1.807, 2.05) is 0 Å². The highest BCUT2D eigenvalue weighted by Gasteiger charge is 2.29. The van der Waals surface area contributed by atoms with E-state index >= 15 is 0 Å². The lowest BCUT2D eigenvalue weighted by Crippen LogP contribution is -2.36. The number of nitrogens with zero attached hydrogens (tertiary/aromatic N) is 1. The van der Waals surface area contributed by atoms with Gasteiger partial charge < -0.3 is 9.64 Å². The molecule has 4 rings (SSSR count). The highest BCUT2D eigenvalue weighted by Crippen LogP contribution is 2.39. The van der Waals surface area contributed by atoms with E-state index in [4.69, 9.17) is 4.74 Å². The van der Waals surface area contributed by atoms with Crippen molar-refractivity contribution < 1.29 is 4.74 Å². The molecule has 3 heteroatoms. The fourth-order valence-corrected chi connectivity index (χ4v) is 3.90. The Balaban J connectivity index is 1.84. The van der Waals surface area contributed by atoms with Crippen LogP contribution in [0.15, 0.2) is 77.3 Å². The van der Waals surface area contributed by atoms with Crippen LogP contribution >= 0.6 is 15.9 Å². The van der Waals surface area contributed by atoms with Crippen molar-refractivity contribution in [2.24, 2.45) is 0 Å². The number of fused-ring (bicyclic) bond motifs is 1. The Morgan fingerprint density at radius 2 is 1.72 bits per heavy atom. The van der Waals surface area contributed by atoms with Crippen LogP contribution in [0.4, 0.5) is 5.69 Å². The van der Waals surface area contributed by atoms with E-state index in [9.17, 15) is 0 Å². The zero-order chi connectivity index (χ0) is 17.2. The van der Waals surface area contributed by atoms with Crippen LogP contribution in [0.25, 0.3) is 0 Å². The van der Waals surface area contributed by atoms with Crippen molar-refractivity contribution in [1.29, 1.82) is 0 Å². The van der Waals surface area contributed by atoms with Crippen molar-refractivity contribution in [2.75, 3.05) is 18.6 Å². The Bertz CT molecular complexity index is 861. The SMILES string of the molecule is COc1ccc2c(c1)CCN(c1ccccc1)C2c1ccc(Br)cc1. The number of ether oxygens (including phenoxy) is 1. The number of rotatable bonds is 3.